The van der Waals surface area contributed by atoms with Crippen LogP contribution < -0.4 is 14.4 Å². The maximum Gasteiger partial charge on any atom is 0.240 e. The zero-order chi connectivity index (χ0) is 16.8. The van der Waals surface area contributed by atoms with Gasteiger partial charge in [-0.15, -0.1) is 0 Å². The van der Waals surface area contributed by atoms with Crippen LogP contribution in [0, 0.1) is 0 Å². The van der Waals surface area contributed by atoms with E-state index in [0.29, 0.717) is 11.4 Å². The van der Waals surface area contributed by atoms with Crippen LogP contribution in [0.5, 0.6) is 5.75 Å². The normalized spacial score (nSPS) is 12.5. The van der Waals surface area contributed by atoms with Crippen molar-refractivity contribution in [3.05, 3.63) is 24.3 Å². The molecule has 1 aromatic rings. The molecule has 1 amide bonds. The first-order valence-electron chi connectivity index (χ1n) is 7.19. The van der Waals surface area contributed by atoms with Crippen LogP contribution in [0.3, 0.4) is 0 Å². The molecule has 0 aliphatic rings. The van der Waals surface area contributed by atoms with Gasteiger partial charge in [-0.05, 0) is 25.5 Å². The van der Waals surface area contributed by atoms with Gasteiger partial charge in [-0.2, -0.15) is 0 Å². The summed E-state index contributed by atoms with van der Waals surface area (Å²) in [6.45, 7) is 3.68. The smallest absolute Gasteiger partial charge is 0.240 e. The van der Waals surface area contributed by atoms with Crippen LogP contribution in [0.15, 0.2) is 24.3 Å². The van der Waals surface area contributed by atoms with Crippen molar-refractivity contribution in [3.63, 3.8) is 0 Å². The highest BCUT2D eigenvalue weighted by Crippen LogP contribution is 2.22. The van der Waals surface area contributed by atoms with Crippen LogP contribution >= 0.6 is 0 Å². The lowest BCUT2D eigenvalue weighted by molar-refractivity contribution is -0.120. The fourth-order valence-electron chi connectivity index (χ4n) is 2.12. The lowest BCUT2D eigenvalue weighted by atomic mass is 10.2. The summed E-state index contributed by atoms with van der Waals surface area (Å²) in [7, 11) is -2.07. The number of carbonyl (C=O) groups is 1. The van der Waals surface area contributed by atoms with Gasteiger partial charge in [0.1, 0.15) is 12.3 Å². The van der Waals surface area contributed by atoms with Gasteiger partial charge in [0.2, 0.25) is 15.9 Å². The molecule has 1 aromatic carbocycles. The first kappa shape index (κ1) is 18.3. The third kappa shape index (κ3) is 5.55. The predicted octanol–water partition coefficient (Wildman–Crippen LogP) is 1.77. The molecule has 0 saturated carbocycles. The molecule has 124 valence electrons. The summed E-state index contributed by atoms with van der Waals surface area (Å²) in [5, 5.41) is 2.81. The van der Waals surface area contributed by atoms with Gasteiger partial charge in [0.25, 0.3) is 0 Å². The predicted molar refractivity (Wildman–Crippen MR) is 87.7 cm³/mol. The zero-order valence-electron chi connectivity index (χ0n) is 13.5. The third-order valence-electron chi connectivity index (χ3n) is 3.16. The second-order valence-electron chi connectivity index (χ2n) is 5.23. The molecule has 0 spiro atoms. The minimum atomic E-state index is -3.57. The Kier molecular flexibility index (Phi) is 6.67. The summed E-state index contributed by atoms with van der Waals surface area (Å²) in [4.78, 5) is 12.1. The number of anilines is 1. The molecule has 0 heterocycles. The quantitative estimate of drug-likeness (QED) is 0.789. The second-order valence-corrected chi connectivity index (χ2v) is 7.14. The van der Waals surface area contributed by atoms with Crippen molar-refractivity contribution in [2.45, 2.75) is 32.7 Å². The van der Waals surface area contributed by atoms with Crippen molar-refractivity contribution in [1.29, 1.82) is 0 Å². The van der Waals surface area contributed by atoms with Crippen molar-refractivity contribution >= 4 is 21.6 Å². The fraction of sp³-hybridized carbons (Fsp3) is 0.533. The van der Waals surface area contributed by atoms with Crippen molar-refractivity contribution < 1.29 is 17.9 Å². The molecule has 0 fully saturated rings. The number of nitrogens with zero attached hydrogens (tertiary/aromatic N) is 1. The monoisotopic (exact) mass is 328 g/mol. The van der Waals surface area contributed by atoms with Crippen LogP contribution in [0.2, 0.25) is 0 Å². The van der Waals surface area contributed by atoms with E-state index in [-0.39, 0.29) is 18.5 Å². The lowest BCUT2D eigenvalue weighted by Gasteiger charge is -2.23. The number of nitrogens with one attached hydrogen (secondary N) is 1. The molecule has 1 rings (SSSR count). The largest absolute Gasteiger partial charge is 0.497 e. The minimum absolute atomic E-state index is 0.0178. The lowest BCUT2D eigenvalue weighted by Crippen LogP contribution is -2.43. The first-order chi connectivity index (χ1) is 10.3. The molecule has 0 aliphatic carbocycles. The summed E-state index contributed by atoms with van der Waals surface area (Å²) in [6.07, 6.45) is 2.88. The fourth-order valence-corrected chi connectivity index (χ4v) is 2.97. The SMILES string of the molecule is CCC[C@H](C)NC(=O)CN(c1cccc(OC)c1)S(C)(=O)=O. The standard InChI is InChI=1S/C15H24N2O4S/c1-5-7-12(2)16-15(18)11-17(22(4,19)20)13-8-6-9-14(10-13)21-3/h6,8-10,12H,5,7,11H2,1-4H3,(H,16,18)/t12-/m0/s1. The number of carbonyl (C=O) groups excluding carboxylic acids is 1. The van der Waals surface area contributed by atoms with E-state index in [1.807, 2.05) is 13.8 Å². The molecular weight excluding hydrogens is 304 g/mol. The Labute approximate surface area is 132 Å². The molecule has 1 N–H and O–H groups in total. The van der Waals surface area contributed by atoms with Gasteiger partial charge in [0.15, 0.2) is 0 Å². The number of methoxy groups -OCH3 is 1. The minimum Gasteiger partial charge on any atom is -0.497 e. The van der Waals surface area contributed by atoms with E-state index in [1.165, 1.54) is 7.11 Å². The van der Waals surface area contributed by atoms with E-state index >= 15 is 0 Å². The van der Waals surface area contributed by atoms with Gasteiger partial charge >= 0.3 is 0 Å². The highest BCUT2D eigenvalue weighted by molar-refractivity contribution is 7.92. The molecule has 1 atom stereocenters. The van der Waals surface area contributed by atoms with Crippen molar-refractivity contribution in [2.24, 2.45) is 0 Å². The molecule has 0 aromatic heterocycles. The van der Waals surface area contributed by atoms with Crippen LogP contribution in [0.1, 0.15) is 26.7 Å². The molecular formula is C15H24N2O4S. The maximum absolute atomic E-state index is 12.1. The average Bonchev–Trinajstić information content (AvgIpc) is 2.43. The second kappa shape index (κ2) is 8.03. The number of rotatable bonds is 8. The van der Waals surface area contributed by atoms with Gasteiger partial charge in [-0.1, -0.05) is 19.4 Å². The van der Waals surface area contributed by atoms with E-state index in [1.54, 1.807) is 24.3 Å². The molecule has 0 bridgehead atoms. The third-order valence-corrected chi connectivity index (χ3v) is 4.30. The van der Waals surface area contributed by atoms with E-state index in [0.717, 1.165) is 23.4 Å². The summed E-state index contributed by atoms with van der Waals surface area (Å²) in [6, 6.07) is 6.64. The zero-order valence-corrected chi connectivity index (χ0v) is 14.3. The van der Waals surface area contributed by atoms with Crippen LogP contribution in [-0.4, -0.2) is 40.3 Å². The first-order valence-corrected chi connectivity index (χ1v) is 9.04. The number of hydrogen-bond donors (Lipinski definition) is 1. The Morgan fingerprint density at radius 3 is 2.64 bits per heavy atom. The van der Waals surface area contributed by atoms with Gasteiger partial charge in [-0.25, -0.2) is 8.42 Å². The topological polar surface area (TPSA) is 75.7 Å². The summed E-state index contributed by atoms with van der Waals surface area (Å²) < 4.78 is 30.1. The van der Waals surface area contributed by atoms with Crippen LogP contribution in [0.25, 0.3) is 0 Å². The maximum atomic E-state index is 12.1. The summed E-state index contributed by atoms with van der Waals surface area (Å²) in [5.74, 6) is 0.208. The van der Waals surface area contributed by atoms with Crippen molar-refractivity contribution in [1.82, 2.24) is 5.32 Å². The van der Waals surface area contributed by atoms with Crippen LogP contribution in [-0.2, 0) is 14.8 Å². The molecule has 6 nitrogen and oxygen atoms in total. The van der Waals surface area contributed by atoms with Crippen molar-refractivity contribution in [2.75, 3.05) is 24.2 Å². The molecule has 0 unspecified atom stereocenters. The van der Waals surface area contributed by atoms with Crippen LogP contribution in [0.4, 0.5) is 5.69 Å². The van der Waals surface area contributed by atoms with E-state index < -0.39 is 10.0 Å². The molecule has 7 heteroatoms. The average molecular weight is 328 g/mol. The number of hydrogen-bond acceptors (Lipinski definition) is 4. The number of amides is 1. The van der Waals surface area contributed by atoms with E-state index in [2.05, 4.69) is 5.32 Å². The number of benzene rings is 1. The Morgan fingerprint density at radius 2 is 2.09 bits per heavy atom. The molecule has 22 heavy (non-hydrogen) atoms. The van der Waals surface area contributed by atoms with Gasteiger partial charge < -0.3 is 10.1 Å². The Hall–Kier alpha value is -1.76. The Balaban J connectivity index is 2.93. The van der Waals surface area contributed by atoms with Gasteiger partial charge in [-0.3, -0.25) is 9.10 Å². The summed E-state index contributed by atoms with van der Waals surface area (Å²) in [5.41, 5.74) is 0.403. The number of ether oxygens (including phenoxy) is 1. The van der Waals surface area contributed by atoms with E-state index in [9.17, 15) is 13.2 Å². The van der Waals surface area contributed by atoms with Gasteiger partial charge in [0, 0.05) is 12.1 Å². The number of sulfonamides is 1. The highest BCUT2D eigenvalue weighted by Gasteiger charge is 2.21. The van der Waals surface area contributed by atoms with Gasteiger partial charge in [0.05, 0.1) is 19.1 Å². The highest BCUT2D eigenvalue weighted by atomic mass is 32.2. The molecule has 0 radical (unpaired) electrons. The van der Waals surface area contributed by atoms with E-state index in [4.69, 9.17) is 4.74 Å². The molecule has 0 aliphatic heterocycles. The Bertz CT molecular complexity index is 601. The van der Waals surface area contributed by atoms with Crippen molar-refractivity contribution in [3.8, 4) is 5.75 Å². The summed E-state index contributed by atoms with van der Waals surface area (Å²) >= 11 is 0. The Morgan fingerprint density at radius 1 is 1.41 bits per heavy atom. The molecule has 0 saturated heterocycles.